The Balaban J connectivity index is 1.33. The topological polar surface area (TPSA) is 52.7 Å². The van der Waals surface area contributed by atoms with Gasteiger partial charge in [0, 0.05) is 36.9 Å². The Hall–Kier alpha value is -2.96. The van der Waals surface area contributed by atoms with Crippen molar-refractivity contribution in [1.29, 1.82) is 0 Å². The molecule has 1 N–H and O–H groups in total. The van der Waals surface area contributed by atoms with Crippen LogP contribution < -0.4 is 10.2 Å². The summed E-state index contributed by atoms with van der Waals surface area (Å²) in [6, 6.07) is 9.16. The number of aryl methyl sites for hydroxylation is 1. The Bertz CT molecular complexity index is 955. The van der Waals surface area contributed by atoms with E-state index >= 15 is 0 Å². The van der Waals surface area contributed by atoms with Gasteiger partial charge in [0.2, 0.25) is 0 Å². The first-order valence-electron chi connectivity index (χ1n) is 9.84. The quantitative estimate of drug-likeness (QED) is 0.838. The normalized spacial score (nSPS) is 16.7. The molecule has 1 saturated heterocycles. The molecule has 0 atom stereocenters. The molecule has 0 aliphatic carbocycles. The van der Waals surface area contributed by atoms with Crippen molar-refractivity contribution >= 4 is 17.6 Å². The molecular formula is C22H23F2N3O2. The average Bonchev–Trinajstić information content (AvgIpc) is 3.13. The molecule has 2 aliphatic rings. The molecule has 152 valence electrons. The molecule has 0 spiro atoms. The summed E-state index contributed by atoms with van der Waals surface area (Å²) in [5.41, 5.74) is 3.46. The summed E-state index contributed by atoms with van der Waals surface area (Å²) in [5.74, 6) is -2.32. The Morgan fingerprint density at radius 3 is 2.48 bits per heavy atom. The maximum Gasteiger partial charge on any atom is 0.322 e. The van der Waals surface area contributed by atoms with Crippen LogP contribution in [0.25, 0.3) is 0 Å². The summed E-state index contributed by atoms with van der Waals surface area (Å²) in [7, 11) is 0. The molecule has 0 radical (unpaired) electrons. The zero-order valence-corrected chi connectivity index (χ0v) is 16.3. The lowest BCUT2D eigenvalue weighted by Gasteiger charge is -2.33. The van der Waals surface area contributed by atoms with Gasteiger partial charge in [0.1, 0.15) is 0 Å². The number of carbonyl (C=O) groups is 2. The molecule has 2 heterocycles. The Morgan fingerprint density at radius 1 is 1.00 bits per heavy atom. The summed E-state index contributed by atoms with van der Waals surface area (Å²) >= 11 is 0. The number of benzene rings is 2. The summed E-state index contributed by atoms with van der Waals surface area (Å²) in [6.45, 7) is 3.62. The fraction of sp³-hybridized carbons (Fsp3) is 0.364. The first-order chi connectivity index (χ1) is 13.9. The van der Waals surface area contributed by atoms with Crippen molar-refractivity contribution in [2.45, 2.75) is 32.2 Å². The van der Waals surface area contributed by atoms with Crippen molar-refractivity contribution in [2.24, 2.45) is 0 Å². The molecule has 4 rings (SSSR count). The van der Waals surface area contributed by atoms with Gasteiger partial charge in [0.25, 0.3) is 5.91 Å². The van der Waals surface area contributed by atoms with E-state index in [0.29, 0.717) is 32.5 Å². The molecule has 0 bridgehead atoms. The van der Waals surface area contributed by atoms with Gasteiger partial charge in [-0.3, -0.25) is 9.69 Å². The highest BCUT2D eigenvalue weighted by atomic mass is 19.2. The SMILES string of the molecule is Cc1ccc2c(c1)CCN2C(=O)NC1CCN(C(=O)c2ccc(F)c(F)c2)CC1. The smallest absolute Gasteiger partial charge is 0.322 e. The third-order valence-electron chi connectivity index (χ3n) is 5.65. The van der Waals surface area contributed by atoms with Gasteiger partial charge in [-0.2, -0.15) is 0 Å². The molecular weight excluding hydrogens is 376 g/mol. The Labute approximate surface area is 168 Å². The molecule has 1 fully saturated rings. The highest BCUT2D eigenvalue weighted by molar-refractivity contribution is 5.95. The second-order valence-electron chi connectivity index (χ2n) is 7.68. The highest BCUT2D eigenvalue weighted by Crippen LogP contribution is 2.29. The predicted octanol–water partition coefficient (Wildman–Crippen LogP) is 3.65. The highest BCUT2D eigenvalue weighted by Gasteiger charge is 2.29. The van der Waals surface area contributed by atoms with Crippen LogP contribution in [0.2, 0.25) is 0 Å². The minimum absolute atomic E-state index is 0.0222. The Kier molecular flexibility index (Phi) is 5.22. The standard InChI is InChI=1S/C22H23F2N3O2/c1-14-2-5-20-15(12-14)6-11-27(20)22(29)25-17-7-9-26(10-8-17)21(28)16-3-4-18(23)19(24)13-16/h2-5,12-13,17H,6-11H2,1H3,(H,25,29). The molecule has 2 aromatic rings. The molecule has 7 heteroatoms. The average molecular weight is 399 g/mol. The van der Waals surface area contributed by atoms with Crippen molar-refractivity contribution in [3.8, 4) is 0 Å². The number of nitrogens with zero attached hydrogens (tertiary/aromatic N) is 2. The van der Waals surface area contributed by atoms with Crippen LogP contribution in [0.5, 0.6) is 0 Å². The van der Waals surface area contributed by atoms with Crippen molar-refractivity contribution in [1.82, 2.24) is 10.2 Å². The van der Waals surface area contributed by atoms with Gasteiger partial charge in [-0.05, 0) is 56.0 Å². The van der Waals surface area contributed by atoms with Crippen molar-refractivity contribution in [2.75, 3.05) is 24.5 Å². The van der Waals surface area contributed by atoms with E-state index in [9.17, 15) is 18.4 Å². The minimum atomic E-state index is -1.03. The van der Waals surface area contributed by atoms with E-state index in [2.05, 4.69) is 11.4 Å². The molecule has 0 saturated carbocycles. The molecule has 5 nitrogen and oxygen atoms in total. The number of halogens is 2. The van der Waals surface area contributed by atoms with Gasteiger partial charge < -0.3 is 10.2 Å². The number of nitrogens with one attached hydrogen (secondary N) is 1. The van der Waals surface area contributed by atoms with Crippen LogP contribution in [0, 0.1) is 18.6 Å². The van der Waals surface area contributed by atoms with E-state index in [1.165, 1.54) is 17.2 Å². The van der Waals surface area contributed by atoms with Crippen LogP contribution in [0.4, 0.5) is 19.3 Å². The van der Waals surface area contributed by atoms with Crippen molar-refractivity contribution in [3.63, 3.8) is 0 Å². The molecule has 29 heavy (non-hydrogen) atoms. The summed E-state index contributed by atoms with van der Waals surface area (Å²) < 4.78 is 26.5. The van der Waals surface area contributed by atoms with Gasteiger partial charge in [0.05, 0.1) is 0 Å². The number of urea groups is 1. The van der Waals surface area contributed by atoms with Crippen molar-refractivity contribution < 1.29 is 18.4 Å². The van der Waals surface area contributed by atoms with Crippen LogP contribution in [0.15, 0.2) is 36.4 Å². The van der Waals surface area contributed by atoms with Crippen LogP contribution in [0.1, 0.15) is 34.3 Å². The van der Waals surface area contributed by atoms with Gasteiger partial charge in [-0.1, -0.05) is 17.7 Å². The molecule has 3 amide bonds. The first kappa shape index (κ1) is 19.4. The van der Waals surface area contributed by atoms with E-state index < -0.39 is 11.6 Å². The largest absolute Gasteiger partial charge is 0.338 e. The fourth-order valence-electron chi connectivity index (χ4n) is 4.03. The lowest BCUT2D eigenvalue weighted by Crippen LogP contribution is -2.50. The number of hydrogen-bond acceptors (Lipinski definition) is 2. The number of rotatable bonds is 2. The van der Waals surface area contributed by atoms with Crippen LogP contribution in [-0.4, -0.2) is 42.5 Å². The number of carbonyl (C=O) groups excluding carboxylic acids is 2. The Morgan fingerprint density at radius 2 is 1.76 bits per heavy atom. The number of anilines is 1. The van der Waals surface area contributed by atoms with Crippen molar-refractivity contribution in [3.05, 3.63) is 64.7 Å². The molecule has 0 aromatic heterocycles. The van der Waals surface area contributed by atoms with Gasteiger partial charge in [-0.25, -0.2) is 13.6 Å². The molecule has 0 unspecified atom stereocenters. The number of piperidine rings is 1. The van der Waals surface area contributed by atoms with Gasteiger partial charge in [-0.15, -0.1) is 0 Å². The third-order valence-corrected chi connectivity index (χ3v) is 5.65. The summed E-state index contributed by atoms with van der Waals surface area (Å²) in [4.78, 5) is 28.6. The minimum Gasteiger partial charge on any atom is -0.338 e. The zero-order valence-electron chi connectivity index (χ0n) is 16.3. The van der Waals surface area contributed by atoms with E-state index in [-0.39, 0.29) is 23.5 Å². The fourth-order valence-corrected chi connectivity index (χ4v) is 4.03. The zero-order chi connectivity index (χ0) is 20.5. The van der Waals surface area contributed by atoms with E-state index in [1.807, 2.05) is 19.1 Å². The lowest BCUT2D eigenvalue weighted by atomic mass is 10.0. The predicted molar refractivity (Wildman–Crippen MR) is 106 cm³/mol. The first-order valence-corrected chi connectivity index (χ1v) is 9.84. The number of hydrogen-bond donors (Lipinski definition) is 1. The molecule has 2 aromatic carbocycles. The number of likely N-dealkylation sites (tertiary alicyclic amines) is 1. The maximum atomic E-state index is 13.4. The van der Waals surface area contributed by atoms with Gasteiger partial charge in [0.15, 0.2) is 11.6 Å². The van der Waals surface area contributed by atoms with Crippen LogP contribution in [0.3, 0.4) is 0 Å². The van der Waals surface area contributed by atoms with Crippen LogP contribution in [-0.2, 0) is 6.42 Å². The van der Waals surface area contributed by atoms with Crippen LogP contribution >= 0.6 is 0 Å². The van der Waals surface area contributed by atoms with E-state index in [4.69, 9.17) is 0 Å². The van der Waals surface area contributed by atoms with E-state index in [0.717, 1.165) is 24.2 Å². The second-order valence-corrected chi connectivity index (χ2v) is 7.68. The third kappa shape index (κ3) is 3.95. The van der Waals surface area contributed by atoms with Gasteiger partial charge >= 0.3 is 6.03 Å². The summed E-state index contributed by atoms with van der Waals surface area (Å²) in [5, 5.41) is 3.07. The second kappa shape index (κ2) is 7.81. The number of amides is 3. The number of fused-ring (bicyclic) bond motifs is 1. The monoisotopic (exact) mass is 399 g/mol. The lowest BCUT2D eigenvalue weighted by molar-refractivity contribution is 0.0708. The van der Waals surface area contributed by atoms with E-state index in [1.54, 1.807) is 9.80 Å². The maximum absolute atomic E-state index is 13.4. The summed E-state index contributed by atoms with van der Waals surface area (Å²) in [6.07, 6.45) is 2.09. The molecule has 2 aliphatic heterocycles.